The zero-order valence-corrected chi connectivity index (χ0v) is 15.0. The molecule has 1 aromatic carbocycles. The summed E-state index contributed by atoms with van der Waals surface area (Å²) in [6, 6.07) is 8.35. The lowest BCUT2D eigenvalue weighted by atomic mass is 9.83. The van der Waals surface area contributed by atoms with Crippen molar-refractivity contribution in [1.82, 2.24) is 9.88 Å². The summed E-state index contributed by atoms with van der Waals surface area (Å²) in [5.74, 6) is -2.24. The third-order valence-electron chi connectivity index (χ3n) is 4.94. The fourth-order valence-electron chi connectivity index (χ4n) is 3.52. The SMILES string of the molecule is Cc1ccc([C@H]2CN(C)C(=O)[C@@H]2C(=O)Cc2cnccc2C(F)(F)F)cc1. The minimum atomic E-state index is -4.58. The number of nitrogens with zero attached hydrogens (tertiary/aromatic N) is 2. The van der Waals surface area contributed by atoms with Crippen LogP contribution in [0, 0.1) is 12.8 Å². The van der Waals surface area contributed by atoms with Gasteiger partial charge >= 0.3 is 6.18 Å². The highest BCUT2D eigenvalue weighted by Gasteiger charge is 2.44. The van der Waals surface area contributed by atoms with Gasteiger partial charge in [-0.05, 0) is 24.1 Å². The number of ketones is 1. The Balaban J connectivity index is 1.90. The van der Waals surface area contributed by atoms with Crippen LogP contribution in [0.3, 0.4) is 0 Å². The van der Waals surface area contributed by atoms with Crippen molar-refractivity contribution in [3.63, 3.8) is 0 Å². The number of hydrogen-bond donors (Lipinski definition) is 0. The van der Waals surface area contributed by atoms with Gasteiger partial charge in [0.05, 0.1) is 5.56 Å². The minimum Gasteiger partial charge on any atom is -0.344 e. The molecule has 142 valence electrons. The maximum Gasteiger partial charge on any atom is 0.416 e. The van der Waals surface area contributed by atoms with Gasteiger partial charge in [0, 0.05) is 38.3 Å². The number of likely N-dealkylation sites (tertiary alicyclic amines) is 1. The number of amides is 1. The Morgan fingerprint density at radius 3 is 2.52 bits per heavy atom. The van der Waals surface area contributed by atoms with Crippen molar-refractivity contribution in [2.75, 3.05) is 13.6 Å². The fraction of sp³-hybridized carbons (Fsp3) is 0.350. The summed E-state index contributed by atoms with van der Waals surface area (Å²) in [5.41, 5.74) is 0.778. The third-order valence-corrected chi connectivity index (χ3v) is 4.94. The average molecular weight is 376 g/mol. The number of carbonyl (C=O) groups is 2. The van der Waals surface area contributed by atoms with Gasteiger partial charge in [-0.3, -0.25) is 14.6 Å². The van der Waals surface area contributed by atoms with Crippen LogP contribution in [0.25, 0.3) is 0 Å². The Bertz CT molecular complexity index is 862. The number of halogens is 3. The highest BCUT2D eigenvalue weighted by molar-refractivity contribution is 6.04. The van der Waals surface area contributed by atoms with E-state index in [1.165, 1.54) is 4.90 Å². The normalized spacial score (nSPS) is 20.2. The molecule has 1 amide bonds. The van der Waals surface area contributed by atoms with E-state index in [-0.39, 0.29) is 17.4 Å². The van der Waals surface area contributed by atoms with Crippen molar-refractivity contribution in [1.29, 1.82) is 0 Å². The molecule has 0 N–H and O–H groups in total. The van der Waals surface area contributed by atoms with E-state index in [1.54, 1.807) is 7.05 Å². The van der Waals surface area contributed by atoms with E-state index >= 15 is 0 Å². The second-order valence-corrected chi connectivity index (χ2v) is 6.89. The topological polar surface area (TPSA) is 50.3 Å². The van der Waals surface area contributed by atoms with Crippen molar-refractivity contribution >= 4 is 11.7 Å². The van der Waals surface area contributed by atoms with Gasteiger partial charge in [0.2, 0.25) is 5.91 Å². The summed E-state index contributed by atoms with van der Waals surface area (Å²) in [5, 5.41) is 0. The lowest BCUT2D eigenvalue weighted by molar-refractivity contribution is -0.138. The standard InChI is InChI=1S/C20H19F3N2O2/c1-12-3-5-13(6-4-12)15-11-25(2)19(27)18(15)17(26)9-14-10-24-8-7-16(14)20(21,22)23/h3-8,10,15,18H,9,11H2,1-2H3/t15-,18+/m1/s1. The van der Waals surface area contributed by atoms with Gasteiger partial charge in [0.25, 0.3) is 0 Å². The molecule has 1 aromatic heterocycles. The molecule has 4 nitrogen and oxygen atoms in total. The number of alkyl halides is 3. The zero-order chi connectivity index (χ0) is 19.8. The summed E-state index contributed by atoms with van der Waals surface area (Å²) >= 11 is 0. The fourth-order valence-corrected chi connectivity index (χ4v) is 3.52. The summed E-state index contributed by atoms with van der Waals surface area (Å²) in [7, 11) is 1.60. The van der Waals surface area contributed by atoms with Gasteiger partial charge in [0.15, 0.2) is 0 Å². The first-order chi connectivity index (χ1) is 12.7. The minimum absolute atomic E-state index is 0.208. The molecule has 1 saturated heterocycles. The van der Waals surface area contributed by atoms with Crippen LogP contribution >= 0.6 is 0 Å². The number of aryl methyl sites for hydroxylation is 1. The average Bonchev–Trinajstić information content (AvgIpc) is 2.90. The van der Waals surface area contributed by atoms with Crippen LogP contribution in [0.2, 0.25) is 0 Å². The molecule has 0 bridgehead atoms. The van der Waals surface area contributed by atoms with E-state index in [0.717, 1.165) is 29.6 Å². The Morgan fingerprint density at radius 1 is 1.22 bits per heavy atom. The number of carbonyl (C=O) groups excluding carboxylic acids is 2. The molecule has 27 heavy (non-hydrogen) atoms. The molecule has 0 radical (unpaired) electrons. The molecule has 2 atom stereocenters. The van der Waals surface area contributed by atoms with Crippen LogP contribution in [0.5, 0.6) is 0 Å². The summed E-state index contributed by atoms with van der Waals surface area (Å²) in [4.78, 5) is 30.6. The Morgan fingerprint density at radius 2 is 1.89 bits per heavy atom. The number of likely N-dealkylation sites (N-methyl/N-ethyl adjacent to an activating group) is 1. The molecule has 0 saturated carbocycles. The summed E-state index contributed by atoms with van der Waals surface area (Å²) in [6.45, 7) is 2.29. The first kappa shape index (κ1) is 19.1. The number of Topliss-reactive ketones (excluding diaryl/α,β-unsaturated/α-hetero) is 1. The Hall–Kier alpha value is -2.70. The number of benzene rings is 1. The summed E-state index contributed by atoms with van der Waals surface area (Å²) in [6.07, 6.45) is -2.97. The van der Waals surface area contributed by atoms with Gasteiger partial charge in [-0.25, -0.2) is 0 Å². The maximum absolute atomic E-state index is 13.2. The molecule has 0 aliphatic carbocycles. The molecular weight excluding hydrogens is 357 g/mol. The molecule has 1 aliphatic heterocycles. The second-order valence-electron chi connectivity index (χ2n) is 6.89. The van der Waals surface area contributed by atoms with E-state index in [4.69, 9.17) is 0 Å². The monoisotopic (exact) mass is 376 g/mol. The number of pyridine rings is 1. The van der Waals surface area contributed by atoms with Crippen molar-refractivity contribution in [3.8, 4) is 0 Å². The quantitative estimate of drug-likeness (QED) is 0.769. The van der Waals surface area contributed by atoms with Crippen molar-refractivity contribution < 1.29 is 22.8 Å². The zero-order valence-electron chi connectivity index (χ0n) is 15.0. The number of rotatable bonds is 4. The second kappa shape index (κ2) is 7.13. The Kier molecular flexibility index (Phi) is 5.04. The van der Waals surface area contributed by atoms with Crippen molar-refractivity contribution in [2.45, 2.75) is 25.4 Å². The van der Waals surface area contributed by atoms with E-state index in [2.05, 4.69) is 4.98 Å². The van der Waals surface area contributed by atoms with Gasteiger partial charge < -0.3 is 4.90 Å². The van der Waals surface area contributed by atoms with Gasteiger partial charge in [-0.15, -0.1) is 0 Å². The van der Waals surface area contributed by atoms with E-state index in [1.807, 2.05) is 31.2 Å². The van der Waals surface area contributed by atoms with Crippen LogP contribution in [-0.4, -0.2) is 35.2 Å². The molecule has 0 spiro atoms. The van der Waals surface area contributed by atoms with Gasteiger partial charge in [-0.1, -0.05) is 29.8 Å². The predicted molar refractivity (Wildman–Crippen MR) is 93.0 cm³/mol. The molecule has 0 unspecified atom stereocenters. The van der Waals surface area contributed by atoms with Crippen molar-refractivity contribution in [2.24, 2.45) is 5.92 Å². The summed E-state index contributed by atoms with van der Waals surface area (Å²) < 4.78 is 39.5. The Labute approximate surface area is 155 Å². The molecule has 3 rings (SSSR count). The van der Waals surface area contributed by atoms with Crippen LogP contribution < -0.4 is 0 Å². The number of hydrogen-bond acceptors (Lipinski definition) is 3. The maximum atomic E-state index is 13.2. The van der Waals surface area contributed by atoms with Crippen molar-refractivity contribution in [3.05, 3.63) is 65.0 Å². The van der Waals surface area contributed by atoms with Crippen LogP contribution in [-0.2, 0) is 22.2 Å². The molecule has 1 fully saturated rings. The van der Waals surface area contributed by atoms with Crippen LogP contribution in [0.15, 0.2) is 42.7 Å². The van der Waals surface area contributed by atoms with E-state index < -0.39 is 29.9 Å². The molecule has 2 heterocycles. The van der Waals surface area contributed by atoms with Crippen LogP contribution in [0.1, 0.15) is 28.2 Å². The molecule has 2 aromatic rings. The third kappa shape index (κ3) is 3.86. The van der Waals surface area contributed by atoms with Gasteiger partial charge in [0.1, 0.15) is 11.7 Å². The highest BCUT2D eigenvalue weighted by Crippen LogP contribution is 2.36. The highest BCUT2D eigenvalue weighted by atomic mass is 19.4. The molecule has 7 heteroatoms. The van der Waals surface area contributed by atoms with E-state index in [0.29, 0.717) is 6.54 Å². The first-order valence-corrected chi connectivity index (χ1v) is 8.53. The molecule has 1 aliphatic rings. The van der Waals surface area contributed by atoms with Gasteiger partial charge in [-0.2, -0.15) is 13.2 Å². The lowest BCUT2D eigenvalue weighted by Gasteiger charge is -2.18. The first-order valence-electron chi connectivity index (χ1n) is 8.53. The predicted octanol–water partition coefficient (Wildman–Crippen LogP) is 3.39. The lowest BCUT2D eigenvalue weighted by Crippen LogP contribution is -2.30. The largest absolute Gasteiger partial charge is 0.416 e. The smallest absolute Gasteiger partial charge is 0.344 e. The number of aromatic nitrogens is 1. The van der Waals surface area contributed by atoms with E-state index in [9.17, 15) is 22.8 Å². The molecular formula is C20H19F3N2O2. The van der Waals surface area contributed by atoms with Crippen LogP contribution in [0.4, 0.5) is 13.2 Å².